The summed E-state index contributed by atoms with van der Waals surface area (Å²) in [7, 11) is 0. The van der Waals surface area contributed by atoms with Crippen LogP contribution in [-0.2, 0) is 37.9 Å². The van der Waals surface area contributed by atoms with E-state index in [1.54, 1.807) is 0 Å². The van der Waals surface area contributed by atoms with Gasteiger partial charge in [-0.2, -0.15) is 0 Å². The molecule has 0 bridgehead atoms. The van der Waals surface area contributed by atoms with Crippen molar-refractivity contribution in [3.63, 3.8) is 0 Å². The van der Waals surface area contributed by atoms with Crippen LogP contribution >= 0.6 is 0 Å². The van der Waals surface area contributed by atoms with Crippen molar-refractivity contribution in [2.75, 3.05) is 9.71 Å². The Labute approximate surface area is 511 Å². The Hall–Kier alpha value is -7.76. The van der Waals surface area contributed by atoms with Crippen molar-refractivity contribution in [2.24, 2.45) is 0 Å². The number of hydrogen-bond donors (Lipinski definition) is 0. The molecule has 0 saturated carbocycles. The summed E-state index contributed by atoms with van der Waals surface area (Å²) < 4.78 is 10.2. The van der Waals surface area contributed by atoms with Gasteiger partial charge in [0.25, 0.3) is 0 Å². The van der Waals surface area contributed by atoms with Gasteiger partial charge in [0.15, 0.2) is 0 Å². The predicted octanol–water partition coefficient (Wildman–Crippen LogP) is 21.2. The summed E-state index contributed by atoms with van der Waals surface area (Å²) in [4.78, 5) is 5.23. The second kappa shape index (κ2) is 17.7. The molecule has 4 nitrogen and oxygen atoms in total. The Bertz CT molecular complexity index is 4630. The molecule has 86 heavy (non-hydrogen) atoms. The van der Waals surface area contributed by atoms with Crippen molar-refractivity contribution >= 4 is 90.0 Å². The van der Waals surface area contributed by atoms with Gasteiger partial charge in [-0.05, 0) is 202 Å². The summed E-state index contributed by atoms with van der Waals surface area (Å²) >= 11 is 0. The summed E-state index contributed by atoms with van der Waals surface area (Å²) in [5, 5.41) is 4.87. The molecule has 0 amide bonds. The summed E-state index contributed by atoms with van der Waals surface area (Å²) in [5.41, 5.74) is 29.9. The van der Waals surface area contributed by atoms with E-state index >= 15 is 0 Å². The zero-order valence-electron chi connectivity index (χ0n) is 54.3. The van der Waals surface area contributed by atoms with Crippen molar-refractivity contribution < 1.29 is 4.42 Å². The largest absolute Gasteiger partial charge is 0.455 e. The average Bonchev–Trinajstić information content (AvgIpc) is 1.42. The first-order valence-corrected chi connectivity index (χ1v) is 31.8. The van der Waals surface area contributed by atoms with Gasteiger partial charge in [0.05, 0.1) is 16.4 Å². The maximum Gasteiger partial charge on any atom is 0.333 e. The Morgan fingerprint density at radius 3 is 1.58 bits per heavy atom. The van der Waals surface area contributed by atoms with E-state index in [4.69, 9.17) is 4.42 Å². The first-order valence-electron chi connectivity index (χ1n) is 31.8. The molecular formula is C81H84BN3O. The lowest BCUT2D eigenvalue weighted by molar-refractivity contribution is 0.332. The van der Waals surface area contributed by atoms with Crippen LogP contribution in [0.4, 0.5) is 28.4 Å². The third kappa shape index (κ3) is 7.87. The van der Waals surface area contributed by atoms with E-state index in [2.05, 4.69) is 297 Å². The molecule has 2 aliphatic carbocycles. The van der Waals surface area contributed by atoms with Crippen LogP contribution in [0.3, 0.4) is 0 Å². The number of nitrogens with zero attached hydrogens (tertiary/aromatic N) is 3. The molecule has 0 N–H and O–H groups in total. The molecule has 4 heterocycles. The predicted molar refractivity (Wildman–Crippen MR) is 369 cm³/mol. The minimum Gasteiger partial charge on any atom is -0.455 e. The smallest absolute Gasteiger partial charge is 0.333 e. The van der Waals surface area contributed by atoms with E-state index in [-0.39, 0.29) is 44.8 Å². The summed E-state index contributed by atoms with van der Waals surface area (Å²) in [5.74, 6) is 0. The molecule has 0 saturated heterocycles. The van der Waals surface area contributed by atoms with Gasteiger partial charge in [-0.25, -0.2) is 0 Å². The lowest BCUT2D eigenvalue weighted by Gasteiger charge is -2.43. The highest BCUT2D eigenvalue weighted by molar-refractivity contribution is 6.94. The number of furan rings is 1. The molecule has 2 aromatic heterocycles. The summed E-state index contributed by atoms with van der Waals surface area (Å²) in [6.45, 7) is 42.5. The summed E-state index contributed by atoms with van der Waals surface area (Å²) in [6, 6.07) is 62.2. The van der Waals surface area contributed by atoms with Crippen LogP contribution in [0, 0.1) is 0 Å². The van der Waals surface area contributed by atoms with Crippen molar-refractivity contribution in [2.45, 2.75) is 175 Å². The number of aromatic nitrogens is 1. The highest BCUT2D eigenvalue weighted by Crippen LogP contribution is 2.59. The number of para-hydroxylation sites is 1. The van der Waals surface area contributed by atoms with Gasteiger partial charge in [0, 0.05) is 61.3 Å². The van der Waals surface area contributed by atoms with Gasteiger partial charge in [-0.1, -0.05) is 197 Å². The first-order chi connectivity index (χ1) is 40.4. The fourth-order valence-electron chi connectivity index (χ4n) is 15.7. The maximum atomic E-state index is 7.48. The number of hydrogen-bond acceptors (Lipinski definition) is 3. The summed E-state index contributed by atoms with van der Waals surface area (Å²) in [6.07, 6.45) is 2.30. The Kier molecular flexibility index (Phi) is 11.3. The fourth-order valence-corrected chi connectivity index (χ4v) is 15.7. The molecule has 9 aromatic carbocycles. The van der Waals surface area contributed by atoms with E-state index in [9.17, 15) is 0 Å². The normalized spacial score (nSPS) is 16.4. The zero-order chi connectivity index (χ0) is 60.5. The van der Waals surface area contributed by atoms with Crippen LogP contribution in [0.5, 0.6) is 0 Å². The Morgan fingerprint density at radius 2 is 0.988 bits per heavy atom. The lowest BCUT2D eigenvalue weighted by atomic mass is 9.43. The van der Waals surface area contributed by atoms with Gasteiger partial charge in [-0.3, -0.25) is 0 Å². The first kappa shape index (κ1) is 54.9. The molecule has 432 valence electrons. The Morgan fingerprint density at radius 1 is 0.453 bits per heavy atom. The minimum absolute atomic E-state index is 0.00978. The maximum absolute atomic E-state index is 7.48. The molecule has 0 spiro atoms. The average molecular weight is 1130 g/mol. The minimum atomic E-state index is -0.353. The van der Waals surface area contributed by atoms with Crippen LogP contribution in [0.1, 0.15) is 182 Å². The third-order valence-corrected chi connectivity index (χ3v) is 21.1. The van der Waals surface area contributed by atoms with E-state index in [1.807, 2.05) is 0 Å². The van der Waals surface area contributed by atoms with Gasteiger partial charge < -0.3 is 18.7 Å². The van der Waals surface area contributed by atoms with Crippen molar-refractivity contribution in [3.8, 4) is 27.9 Å². The van der Waals surface area contributed by atoms with E-state index in [0.717, 1.165) is 46.5 Å². The second-order valence-corrected chi connectivity index (χ2v) is 32.1. The van der Waals surface area contributed by atoms with Crippen molar-refractivity contribution in [1.29, 1.82) is 0 Å². The molecular weight excluding hydrogens is 1040 g/mol. The number of rotatable bonds is 4. The molecule has 0 unspecified atom stereocenters. The third-order valence-electron chi connectivity index (χ3n) is 21.1. The quantitative estimate of drug-likeness (QED) is 0.164. The van der Waals surface area contributed by atoms with Crippen molar-refractivity contribution in [1.82, 2.24) is 4.57 Å². The highest BCUT2D eigenvalue weighted by Gasteiger charge is 2.49. The van der Waals surface area contributed by atoms with Gasteiger partial charge >= 0.3 is 6.85 Å². The molecule has 2 aliphatic heterocycles. The van der Waals surface area contributed by atoms with Crippen LogP contribution in [0.15, 0.2) is 162 Å². The zero-order valence-corrected chi connectivity index (χ0v) is 54.3. The second-order valence-electron chi connectivity index (χ2n) is 32.1. The fraction of sp³-hybridized carbons (Fsp3) is 0.333. The Balaban J connectivity index is 1.05. The van der Waals surface area contributed by atoms with Crippen LogP contribution in [-0.4, -0.2) is 11.4 Å². The van der Waals surface area contributed by atoms with Gasteiger partial charge in [0.1, 0.15) is 11.2 Å². The van der Waals surface area contributed by atoms with E-state index < -0.39 is 0 Å². The van der Waals surface area contributed by atoms with Crippen LogP contribution in [0.25, 0.3) is 71.7 Å². The number of anilines is 5. The molecule has 5 heteroatoms. The lowest BCUT2D eigenvalue weighted by Crippen LogP contribution is -2.60. The van der Waals surface area contributed by atoms with E-state index in [1.165, 1.54) is 122 Å². The SMILES string of the molecule is CC(C)(C)c1ccc(N2B3c4cc(C(C)(C)C)ccc4-n4c5cc6c(cc5c5c7oc8ccccc8c7c(c3c54)-c3cc4c(cc32)C(C)(C)c2cc(N(c3ccc(C(C)(C)C)cc3)c3ccc(C(C)(C)C)cc3)ccc2-4)C(C)(C)CCC6(C)C)cc1. The molecule has 0 radical (unpaired) electrons. The van der Waals surface area contributed by atoms with Gasteiger partial charge in [0.2, 0.25) is 0 Å². The molecule has 0 atom stereocenters. The monoisotopic (exact) mass is 1130 g/mol. The molecule has 15 rings (SSSR count). The van der Waals surface area contributed by atoms with Crippen molar-refractivity contribution in [3.05, 3.63) is 202 Å². The van der Waals surface area contributed by atoms with Crippen LogP contribution < -0.4 is 20.6 Å². The topological polar surface area (TPSA) is 24.6 Å². The van der Waals surface area contributed by atoms with E-state index in [0.29, 0.717) is 0 Å². The van der Waals surface area contributed by atoms with Crippen LogP contribution in [0.2, 0.25) is 0 Å². The standard InChI is InChI=1S/C81H84BN3O/c1-75(2,3)47-23-30-51(31-24-47)83(52-32-25-48(26-33-52)76(4,5)6)54-36-37-55-57-43-58-67(45-61(57)81(17,18)60(55)42-54)85(53-34-27-49(28-35-53)77(7,8)9)82-64-41-50(78(10,11)12)29-38-65(64)84-66-46-63-62(79(13,14)39-40-80(63,15)16)44-59(66)71-73(84)72(82)69(58)70-56-21-19-20-22-68(56)86-74(70)71/h19-38,41-46H,39-40H2,1-18H3. The number of fused-ring (bicyclic) bond motifs is 17. The highest BCUT2D eigenvalue weighted by atomic mass is 16.3. The molecule has 4 aliphatic rings. The number of benzene rings is 9. The molecule has 11 aromatic rings. The van der Waals surface area contributed by atoms with Gasteiger partial charge in [-0.15, -0.1) is 0 Å². The molecule has 0 fully saturated rings.